The van der Waals surface area contributed by atoms with Crippen LogP contribution in [0.15, 0.2) is 52.2 Å². The van der Waals surface area contributed by atoms with Gasteiger partial charge in [0.15, 0.2) is 0 Å². The molecule has 25 heavy (non-hydrogen) atoms. The molecule has 1 aromatic carbocycles. The maximum Gasteiger partial charge on any atom is 0.367 e. The summed E-state index contributed by atoms with van der Waals surface area (Å²) in [4.78, 5) is 25.0. The summed E-state index contributed by atoms with van der Waals surface area (Å²) in [5.41, 5.74) is -1.03. The zero-order chi connectivity index (χ0) is 18.2. The number of rotatable bonds is 9. The van der Waals surface area contributed by atoms with E-state index in [4.69, 9.17) is 13.8 Å². The first-order valence-electron chi connectivity index (χ1n) is 7.86. The molecule has 136 valence electrons. The summed E-state index contributed by atoms with van der Waals surface area (Å²) in [6.45, 7) is 3.61. The Morgan fingerprint density at radius 3 is 2.56 bits per heavy atom. The van der Waals surface area contributed by atoms with E-state index < -0.39 is 25.7 Å². The monoisotopic (exact) mass is 368 g/mol. The van der Waals surface area contributed by atoms with E-state index in [0.29, 0.717) is 12.2 Å². The Labute approximate surface area is 145 Å². The van der Waals surface area contributed by atoms with Gasteiger partial charge in [0.05, 0.1) is 12.7 Å². The zero-order valence-corrected chi connectivity index (χ0v) is 15.0. The SMILES string of the molecule is CC[C@@H](CO[PH](=O)Oc1ccccc1)OC(C)n1ccc(=O)[nH]c1=O. The van der Waals surface area contributed by atoms with E-state index in [-0.39, 0.29) is 12.7 Å². The van der Waals surface area contributed by atoms with Crippen molar-refractivity contribution in [3.63, 3.8) is 0 Å². The van der Waals surface area contributed by atoms with E-state index in [1.165, 1.54) is 16.8 Å². The number of aromatic nitrogens is 2. The molecule has 1 N–H and O–H groups in total. The average Bonchev–Trinajstić information content (AvgIpc) is 2.59. The number of H-pyrrole nitrogens is 1. The van der Waals surface area contributed by atoms with E-state index in [1.807, 2.05) is 13.0 Å². The molecule has 0 saturated heterocycles. The number of hydrogen-bond donors (Lipinski definition) is 1. The summed E-state index contributed by atoms with van der Waals surface area (Å²) < 4.78 is 29.3. The highest BCUT2D eigenvalue weighted by Gasteiger charge is 2.16. The molecule has 0 saturated carbocycles. The predicted octanol–water partition coefficient (Wildman–Crippen LogP) is 2.34. The van der Waals surface area contributed by atoms with Crippen molar-refractivity contribution in [2.75, 3.05) is 6.61 Å². The van der Waals surface area contributed by atoms with Crippen LogP contribution < -0.4 is 15.8 Å². The van der Waals surface area contributed by atoms with Crippen molar-refractivity contribution in [3.8, 4) is 5.75 Å². The van der Waals surface area contributed by atoms with Crippen molar-refractivity contribution in [2.24, 2.45) is 0 Å². The third kappa shape index (κ3) is 6.01. The molecule has 8 nitrogen and oxygen atoms in total. The first-order valence-corrected chi connectivity index (χ1v) is 9.08. The second kappa shape index (κ2) is 9.36. The van der Waals surface area contributed by atoms with E-state index in [0.717, 1.165) is 0 Å². The number of benzene rings is 1. The molecule has 0 spiro atoms. The van der Waals surface area contributed by atoms with Crippen LogP contribution in [0.4, 0.5) is 0 Å². The summed E-state index contributed by atoms with van der Waals surface area (Å²) in [6.07, 6.45) is 0.946. The van der Waals surface area contributed by atoms with Crippen LogP contribution >= 0.6 is 8.25 Å². The van der Waals surface area contributed by atoms with Crippen LogP contribution in [0.3, 0.4) is 0 Å². The molecule has 2 aromatic rings. The van der Waals surface area contributed by atoms with Gasteiger partial charge in [0.1, 0.15) is 12.0 Å². The Hall–Kier alpha value is -2.15. The first-order chi connectivity index (χ1) is 12.0. The number of hydrogen-bond acceptors (Lipinski definition) is 6. The van der Waals surface area contributed by atoms with Crippen LogP contribution in [-0.4, -0.2) is 22.3 Å². The number of nitrogens with zero attached hydrogens (tertiary/aromatic N) is 1. The molecular weight excluding hydrogens is 347 g/mol. The molecule has 2 rings (SSSR count). The van der Waals surface area contributed by atoms with E-state index >= 15 is 0 Å². The normalized spacial score (nSPS) is 14.6. The van der Waals surface area contributed by atoms with Gasteiger partial charge in [0, 0.05) is 12.3 Å². The van der Waals surface area contributed by atoms with Crippen LogP contribution in [0.25, 0.3) is 0 Å². The van der Waals surface area contributed by atoms with Gasteiger partial charge in [0.2, 0.25) is 0 Å². The Balaban J connectivity index is 1.88. The third-order valence-corrected chi connectivity index (χ3v) is 4.22. The minimum atomic E-state index is -2.71. The van der Waals surface area contributed by atoms with Crippen LogP contribution in [0.2, 0.25) is 0 Å². The van der Waals surface area contributed by atoms with Gasteiger partial charge in [-0.15, -0.1) is 0 Å². The van der Waals surface area contributed by atoms with Crippen LogP contribution in [-0.2, 0) is 13.8 Å². The Morgan fingerprint density at radius 2 is 1.92 bits per heavy atom. The lowest BCUT2D eigenvalue weighted by Gasteiger charge is -2.22. The fraction of sp³-hybridized carbons (Fsp3) is 0.375. The minimum absolute atomic E-state index is 0.0591. The Morgan fingerprint density at radius 1 is 1.20 bits per heavy atom. The van der Waals surface area contributed by atoms with Crippen molar-refractivity contribution >= 4 is 8.25 Å². The van der Waals surface area contributed by atoms with E-state index in [9.17, 15) is 14.2 Å². The fourth-order valence-corrected chi connectivity index (χ4v) is 2.80. The first kappa shape index (κ1) is 19.2. The second-order valence-electron chi connectivity index (χ2n) is 5.26. The quantitative estimate of drug-likeness (QED) is 0.682. The highest BCUT2D eigenvalue weighted by atomic mass is 31.1. The molecule has 1 aromatic heterocycles. The summed E-state index contributed by atoms with van der Waals surface area (Å²) in [6, 6.07) is 9.98. The van der Waals surface area contributed by atoms with Gasteiger partial charge >= 0.3 is 13.9 Å². The predicted molar refractivity (Wildman–Crippen MR) is 93.2 cm³/mol. The summed E-state index contributed by atoms with van der Waals surface area (Å²) in [5.74, 6) is 0.466. The lowest BCUT2D eigenvalue weighted by molar-refractivity contribution is -0.0641. The van der Waals surface area contributed by atoms with Gasteiger partial charge in [-0.2, -0.15) is 0 Å². The lowest BCUT2D eigenvalue weighted by Crippen LogP contribution is -2.33. The molecule has 0 aliphatic heterocycles. The van der Waals surface area contributed by atoms with Crippen molar-refractivity contribution in [1.82, 2.24) is 9.55 Å². The fourth-order valence-electron chi connectivity index (χ4n) is 2.09. The van der Waals surface area contributed by atoms with Gasteiger partial charge in [-0.05, 0) is 25.5 Å². The van der Waals surface area contributed by atoms with Crippen LogP contribution in [0, 0.1) is 0 Å². The third-order valence-electron chi connectivity index (χ3n) is 3.42. The van der Waals surface area contributed by atoms with Gasteiger partial charge in [0.25, 0.3) is 5.56 Å². The van der Waals surface area contributed by atoms with Gasteiger partial charge in [-0.1, -0.05) is 25.1 Å². The van der Waals surface area contributed by atoms with Crippen LogP contribution in [0.1, 0.15) is 26.5 Å². The summed E-state index contributed by atoms with van der Waals surface area (Å²) in [7, 11) is -2.71. The molecule has 9 heteroatoms. The highest BCUT2D eigenvalue weighted by Crippen LogP contribution is 2.28. The molecule has 1 heterocycles. The average molecular weight is 368 g/mol. The van der Waals surface area contributed by atoms with E-state index in [2.05, 4.69) is 4.98 Å². The van der Waals surface area contributed by atoms with Gasteiger partial charge < -0.3 is 9.26 Å². The molecule has 0 fully saturated rings. The number of aromatic amines is 1. The zero-order valence-electron chi connectivity index (χ0n) is 14.0. The minimum Gasteiger partial charge on any atom is -0.426 e. The lowest BCUT2D eigenvalue weighted by atomic mass is 10.3. The molecule has 0 radical (unpaired) electrons. The smallest absolute Gasteiger partial charge is 0.367 e. The molecule has 3 atom stereocenters. The molecule has 2 unspecified atom stereocenters. The summed E-state index contributed by atoms with van der Waals surface area (Å²) >= 11 is 0. The number of nitrogens with one attached hydrogen (secondary N) is 1. The maximum atomic E-state index is 11.9. The van der Waals surface area contributed by atoms with Gasteiger partial charge in [-0.3, -0.25) is 18.9 Å². The second-order valence-corrected chi connectivity index (χ2v) is 6.25. The Kier molecular flexibility index (Phi) is 7.18. The molecule has 0 aliphatic carbocycles. The number of ether oxygens (including phenoxy) is 1. The van der Waals surface area contributed by atoms with Crippen molar-refractivity contribution in [2.45, 2.75) is 32.6 Å². The molecule has 0 aliphatic rings. The van der Waals surface area contributed by atoms with Crippen molar-refractivity contribution < 1.29 is 18.3 Å². The molecule has 0 amide bonds. The molecule has 0 bridgehead atoms. The number of para-hydroxylation sites is 1. The van der Waals surface area contributed by atoms with Gasteiger partial charge in [-0.25, -0.2) is 9.36 Å². The van der Waals surface area contributed by atoms with Crippen LogP contribution in [0.5, 0.6) is 5.75 Å². The van der Waals surface area contributed by atoms with E-state index in [1.54, 1.807) is 31.2 Å². The van der Waals surface area contributed by atoms with Crippen molar-refractivity contribution in [3.05, 3.63) is 63.4 Å². The largest absolute Gasteiger partial charge is 0.426 e. The maximum absolute atomic E-state index is 11.9. The van der Waals surface area contributed by atoms with Crippen molar-refractivity contribution in [1.29, 1.82) is 0 Å². The highest BCUT2D eigenvalue weighted by molar-refractivity contribution is 7.33. The summed E-state index contributed by atoms with van der Waals surface area (Å²) in [5, 5.41) is 0. The Bertz CT molecular complexity index is 804. The molecular formula is C16H21N2O6P. The topological polar surface area (TPSA) is 99.6 Å². The standard InChI is InChI=1S/C16H21N2O6P/c1-3-13(11-22-25(21)24-14-7-5-4-6-8-14)23-12(2)18-10-9-15(19)17-16(18)20/h4-10,12-13,25H,3,11H2,1-2H3,(H,17,19,20)/t12?,13-/m0/s1.